The zero-order valence-electron chi connectivity index (χ0n) is 13.8. The third-order valence-corrected chi connectivity index (χ3v) is 6.52. The third kappa shape index (κ3) is 6.12. The van der Waals surface area contributed by atoms with Crippen LogP contribution in [-0.2, 0) is 19.7 Å². The number of hydrogen-bond acceptors (Lipinski definition) is 3. The van der Waals surface area contributed by atoms with Gasteiger partial charge in [0.25, 0.3) is 0 Å². The molecule has 126 valence electrons. The highest BCUT2D eigenvalue weighted by Crippen LogP contribution is 2.21. The minimum Gasteiger partial charge on any atom is -0.377 e. The van der Waals surface area contributed by atoms with Crippen LogP contribution in [0.3, 0.4) is 0 Å². The van der Waals surface area contributed by atoms with Gasteiger partial charge in [-0.3, -0.25) is 0 Å². The van der Waals surface area contributed by atoms with Gasteiger partial charge in [0.05, 0.1) is 0 Å². The van der Waals surface area contributed by atoms with Gasteiger partial charge in [-0.05, 0) is 44.7 Å². The van der Waals surface area contributed by atoms with Crippen LogP contribution < -0.4 is 0 Å². The van der Waals surface area contributed by atoms with Gasteiger partial charge >= 0.3 is 8.80 Å². The van der Waals surface area contributed by atoms with Crippen LogP contribution >= 0.6 is 0 Å². The van der Waals surface area contributed by atoms with E-state index in [2.05, 4.69) is 0 Å². The number of aryl methyl sites for hydroxylation is 1. The fourth-order valence-electron chi connectivity index (χ4n) is 2.36. The van der Waals surface area contributed by atoms with Gasteiger partial charge in [0.1, 0.15) is 11.6 Å². The van der Waals surface area contributed by atoms with Crippen LogP contribution in [0.15, 0.2) is 18.2 Å². The summed E-state index contributed by atoms with van der Waals surface area (Å²) in [5, 5.41) is 0. The van der Waals surface area contributed by atoms with Crippen molar-refractivity contribution >= 4 is 8.80 Å². The minimum absolute atomic E-state index is 0.0554. The lowest BCUT2D eigenvalue weighted by atomic mass is 10.1. The van der Waals surface area contributed by atoms with E-state index in [4.69, 9.17) is 13.3 Å². The largest absolute Gasteiger partial charge is 0.500 e. The van der Waals surface area contributed by atoms with Crippen LogP contribution in [0.4, 0.5) is 8.78 Å². The van der Waals surface area contributed by atoms with E-state index in [-0.39, 0.29) is 6.10 Å². The third-order valence-electron chi connectivity index (χ3n) is 3.48. The zero-order chi connectivity index (χ0) is 16.6. The van der Waals surface area contributed by atoms with Crippen LogP contribution in [-0.4, -0.2) is 29.1 Å². The lowest BCUT2D eigenvalue weighted by molar-refractivity contribution is 0.0693. The summed E-state index contributed by atoms with van der Waals surface area (Å²) in [6.45, 7) is 3.91. The molecule has 0 aromatic heterocycles. The van der Waals surface area contributed by atoms with Gasteiger partial charge in [-0.25, -0.2) is 8.78 Å². The first-order valence-electron chi connectivity index (χ1n) is 7.64. The highest BCUT2D eigenvalue weighted by atomic mass is 28.4. The Balaban J connectivity index is 2.37. The standard InChI is InChI=1S/C16H26F2O3Si/c1-13(2)21-22(19-3,20-4)11-7-5-6-8-14-9-10-15(17)12-16(14)18/h9-10,12-13H,5-8,11H2,1-4H3. The first-order chi connectivity index (χ1) is 10.4. The van der Waals surface area contributed by atoms with E-state index < -0.39 is 20.4 Å². The van der Waals surface area contributed by atoms with E-state index in [9.17, 15) is 8.78 Å². The molecule has 0 radical (unpaired) electrons. The van der Waals surface area contributed by atoms with Crippen molar-refractivity contribution in [2.45, 2.75) is 51.7 Å². The lowest BCUT2D eigenvalue weighted by Gasteiger charge is -2.28. The van der Waals surface area contributed by atoms with Gasteiger partial charge in [0.2, 0.25) is 0 Å². The first kappa shape index (κ1) is 19.2. The summed E-state index contributed by atoms with van der Waals surface area (Å²) in [6.07, 6.45) is 3.30. The van der Waals surface area contributed by atoms with Crippen molar-refractivity contribution in [1.82, 2.24) is 0 Å². The molecule has 0 bridgehead atoms. The quantitative estimate of drug-likeness (QED) is 0.471. The van der Waals surface area contributed by atoms with Gasteiger partial charge < -0.3 is 13.3 Å². The fourth-order valence-corrected chi connectivity index (χ4v) is 4.65. The smallest absolute Gasteiger partial charge is 0.377 e. The van der Waals surface area contributed by atoms with Gasteiger partial charge in [-0.15, -0.1) is 0 Å². The van der Waals surface area contributed by atoms with E-state index in [1.807, 2.05) is 13.8 Å². The predicted molar refractivity (Wildman–Crippen MR) is 84.7 cm³/mol. The van der Waals surface area contributed by atoms with E-state index >= 15 is 0 Å². The van der Waals surface area contributed by atoms with Crippen molar-refractivity contribution in [2.75, 3.05) is 14.2 Å². The molecule has 1 rings (SSSR count). The Hall–Kier alpha value is -0.823. The van der Waals surface area contributed by atoms with Crippen molar-refractivity contribution in [3.63, 3.8) is 0 Å². The Kier molecular flexibility index (Phi) is 8.17. The molecule has 0 fully saturated rings. The molecule has 0 aliphatic rings. The molecule has 0 saturated carbocycles. The maximum Gasteiger partial charge on any atom is 0.500 e. The summed E-state index contributed by atoms with van der Waals surface area (Å²) in [6, 6.07) is 4.47. The van der Waals surface area contributed by atoms with E-state index in [1.54, 1.807) is 14.2 Å². The SMILES string of the molecule is CO[Si](CCCCCc1ccc(F)cc1F)(OC)OC(C)C. The Morgan fingerprint density at radius 1 is 1.05 bits per heavy atom. The summed E-state index contributed by atoms with van der Waals surface area (Å²) >= 11 is 0. The molecule has 0 atom stereocenters. The van der Waals surface area contributed by atoms with Crippen molar-refractivity contribution < 1.29 is 22.1 Å². The van der Waals surface area contributed by atoms with Crippen LogP contribution in [0, 0.1) is 11.6 Å². The summed E-state index contributed by atoms with van der Waals surface area (Å²) in [5.74, 6) is -1.01. The molecule has 0 N–H and O–H groups in total. The van der Waals surface area contributed by atoms with Crippen LogP contribution in [0.25, 0.3) is 0 Å². The maximum atomic E-state index is 13.5. The Morgan fingerprint density at radius 3 is 2.27 bits per heavy atom. The van der Waals surface area contributed by atoms with Crippen molar-refractivity contribution in [1.29, 1.82) is 0 Å². The summed E-state index contributed by atoms with van der Waals surface area (Å²) in [4.78, 5) is 0. The molecular weight excluding hydrogens is 306 g/mol. The molecule has 3 nitrogen and oxygen atoms in total. The molecule has 1 aromatic rings. The second kappa shape index (κ2) is 9.35. The van der Waals surface area contributed by atoms with Gasteiger partial charge in [-0.1, -0.05) is 12.5 Å². The molecule has 0 aliphatic heterocycles. The molecule has 0 aliphatic carbocycles. The predicted octanol–water partition coefficient (Wildman–Crippen LogP) is 4.33. The van der Waals surface area contributed by atoms with E-state index in [1.165, 1.54) is 12.1 Å². The Bertz CT molecular complexity index is 451. The fraction of sp³-hybridized carbons (Fsp3) is 0.625. The highest BCUT2D eigenvalue weighted by molar-refractivity contribution is 6.60. The van der Waals surface area contributed by atoms with Gasteiger partial charge in [0.15, 0.2) is 0 Å². The molecule has 6 heteroatoms. The normalized spacial score (nSPS) is 12.1. The molecule has 0 unspecified atom stereocenters. The number of halogens is 2. The van der Waals surface area contributed by atoms with Gasteiger partial charge in [-0.2, -0.15) is 0 Å². The minimum atomic E-state index is -2.58. The first-order valence-corrected chi connectivity index (χ1v) is 9.57. The highest BCUT2D eigenvalue weighted by Gasteiger charge is 2.39. The summed E-state index contributed by atoms with van der Waals surface area (Å²) < 4.78 is 43.1. The van der Waals surface area contributed by atoms with Crippen LogP contribution in [0.5, 0.6) is 0 Å². The molecule has 1 aromatic carbocycles. The Morgan fingerprint density at radius 2 is 1.73 bits per heavy atom. The molecular formula is C16H26F2O3Si. The second-order valence-corrected chi connectivity index (χ2v) is 8.47. The Labute approximate surface area is 133 Å². The lowest BCUT2D eigenvalue weighted by Crippen LogP contribution is -2.45. The van der Waals surface area contributed by atoms with Crippen molar-refractivity contribution in [3.05, 3.63) is 35.4 Å². The maximum absolute atomic E-state index is 13.5. The number of unbranched alkanes of at least 4 members (excludes halogenated alkanes) is 2. The second-order valence-electron chi connectivity index (χ2n) is 5.55. The average Bonchev–Trinajstić information content (AvgIpc) is 2.47. The topological polar surface area (TPSA) is 27.7 Å². The summed E-state index contributed by atoms with van der Waals surface area (Å²) in [7, 11) is 0.656. The number of rotatable bonds is 10. The molecule has 0 spiro atoms. The van der Waals surface area contributed by atoms with Crippen LogP contribution in [0.2, 0.25) is 6.04 Å². The van der Waals surface area contributed by atoms with Crippen molar-refractivity contribution in [3.8, 4) is 0 Å². The van der Waals surface area contributed by atoms with Crippen molar-refractivity contribution in [2.24, 2.45) is 0 Å². The number of hydrogen-bond donors (Lipinski definition) is 0. The van der Waals surface area contributed by atoms with Crippen LogP contribution in [0.1, 0.15) is 38.7 Å². The molecule has 0 heterocycles. The van der Waals surface area contributed by atoms with Gasteiger partial charge in [0, 0.05) is 32.4 Å². The molecule has 22 heavy (non-hydrogen) atoms. The van der Waals surface area contributed by atoms with E-state index in [0.29, 0.717) is 12.0 Å². The number of benzene rings is 1. The van der Waals surface area contributed by atoms with E-state index in [0.717, 1.165) is 31.4 Å². The monoisotopic (exact) mass is 332 g/mol. The average molecular weight is 332 g/mol. The zero-order valence-corrected chi connectivity index (χ0v) is 14.8. The summed E-state index contributed by atoms with van der Waals surface area (Å²) in [5.41, 5.74) is 0.557. The molecule has 0 amide bonds. The molecule has 0 saturated heterocycles.